The van der Waals surface area contributed by atoms with Crippen molar-refractivity contribution in [2.45, 2.75) is 135 Å². The maximum Gasteiger partial charge on any atom is 0.157 e. The molecule has 0 atom stereocenters. The second-order valence-electron chi connectivity index (χ2n) is 8.22. The van der Waals surface area contributed by atoms with E-state index in [2.05, 4.69) is 27.7 Å². The number of rotatable bonds is 26. The lowest BCUT2D eigenvalue weighted by Gasteiger charge is -2.18. The largest absolute Gasteiger partial charge is 0.353 e. The number of hydrogen-bond acceptors (Lipinski definition) is 4. The molecule has 0 amide bonds. The van der Waals surface area contributed by atoms with Crippen LogP contribution in [0.4, 0.5) is 0 Å². The zero-order chi connectivity index (χ0) is 22.8. The molecule has 0 unspecified atom stereocenters. The minimum Gasteiger partial charge on any atom is -0.353 e. The lowest BCUT2D eigenvalue weighted by molar-refractivity contribution is -0.147. The molecule has 4 radical (unpaired) electrons. The van der Waals surface area contributed by atoms with Crippen molar-refractivity contribution in [2.75, 3.05) is 26.4 Å². The quantitative estimate of drug-likeness (QED) is 0.0765. The molecule has 0 spiro atoms. The highest BCUT2D eigenvalue weighted by atomic mass is 28.3. The van der Waals surface area contributed by atoms with Crippen LogP contribution in [0, 0.1) is 0 Å². The van der Waals surface area contributed by atoms with Gasteiger partial charge in [0.25, 0.3) is 0 Å². The van der Waals surface area contributed by atoms with E-state index in [9.17, 15) is 0 Å². The average molecular weight is 473 g/mol. The van der Waals surface area contributed by atoms with Gasteiger partial charge in [0, 0.05) is 45.5 Å². The van der Waals surface area contributed by atoms with E-state index in [-0.39, 0.29) is 12.6 Å². The van der Waals surface area contributed by atoms with Crippen LogP contribution in [-0.2, 0) is 18.9 Å². The second kappa shape index (κ2) is 26.5. The van der Waals surface area contributed by atoms with Gasteiger partial charge in [-0.05, 0) is 38.5 Å². The summed E-state index contributed by atoms with van der Waals surface area (Å²) >= 11 is 0. The predicted octanol–water partition coefficient (Wildman–Crippen LogP) is 7.09. The Morgan fingerprint density at radius 3 is 1.10 bits per heavy atom. The molecule has 31 heavy (non-hydrogen) atoms. The van der Waals surface area contributed by atoms with Gasteiger partial charge in [0.1, 0.15) is 0 Å². The SMILES string of the molecule is CCCCOC(CCC[Si]C[Si]CCCC(OCCCC)OCCCC)OCCCC. The van der Waals surface area contributed by atoms with Crippen LogP contribution in [0.15, 0.2) is 0 Å². The Morgan fingerprint density at radius 2 is 0.806 bits per heavy atom. The third kappa shape index (κ3) is 23.2. The van der Waals surface area contributed by atoms with Gasteiger partial charge in [0.05, 0.1) is 0 Å². The van der Waals surface area contributed by atoms with E-state index in [0.29, 0.717) is 0 Å². The second-order valence-corrected chi connectivity index (χ2v) is 11.6. The lowest BCUT2D eigenvalue weighted by atomic mass is 10.3. The molecule has 4 nitrogen and oxygen atoms in total. The highest BCUT2D eigenvalue weighted by Crippen LogP contribution is 2.12. The fourth-order valence-corrected chi connectivity index (χ4v) is 5.95. The summed E-state index contributed by atoms with van der Waals surface area (Å²) in [6, 6.07) is 2.64. The van der Waals surface area contributed by atoms with Crippen molar-refractivity contribution in [3.63, 3.8) is 0 Å². The van der Waals surface area contributed by atoms with E-state index < -0.39 is 0 Å². The standard InChI is InChI=1S/C25H52O4Si2/c1-5-9-17-26-24(27-18-10-6-2)15-13-21-30-23-31-22-14-16-25(28-19-11-7-3)29-20-12-8-4/h24-25H,5-23H2,1-4H3. The van der Waals surface area contributed by atoms with Crippen molar-refractivity contribution in [1.29, 1.82) is 0 Å². The smallest absolute Gasteiger partial charge is 0.157 e. The minimum atomic E-state index is 0.0164. The summed E-state index contributed by atoms with van der Waals surface area (Å²) in [5, 5.41) is 0. The van der Waals surface area contributed by atoms with E-state index in [1.54, 1.807) is 0 Å². The molecule has 0 heterocycles. The molecule has 0 rings (SSSR count). The summed E-state index contributed by atoms with van der Waals surface area (Å²) in [5.74, 6) is 0. The maximum absolute atomic E-state index is 5.94. The summed E-state index contributed by atoms with van der Waals surface area (Å²) in [6.45, 7) is 12.2. The number of hydrogen-bond donors (Lipinski definition) is 0. The van der Waals surface area contributed by atoms with Gasteiger partial charge in [0.15, 0.2) is 12.6 Å². The Balaban J connectivity index is 3.75. The van der Waals surface area contributed by atoms with Gasteiger partial charge in [-0.15, -0.1) is 0 Å². The van der Waals surface area contributed by atoms with Gasteiger partial charge in [-0.1, -0.05) is 84.0 Å². The molecule has 0 aliphatic rings. The third-order valence-electron chi connectivity index (χ3n) is 5.04. The normalized spacial score (nSPS) is 11.8. The van der Waals surface area contributed by atoms with E-state index in [1.165, 1.54) is 56.3 Å². The van der Waals surface area contributed by atoms with Crippen molar-refractivity contribution in [2.24, 2.45) is 0 Å². The monoisotopic (exact) mass is 472 g/mol. The zero-order valence-corrected chi connectivity index (χ0v) is 23.2. The third-order valence-corrected chi connectivity index (χ3v) is 8.46. The van der Waals surface area contributed by atoms with Crippen molar-refractivity contribution in [3.8, 4) is 0 Å². The van der Waals surface area contributed by atoms with Crippen LogP contribution in [0.5, 0.6) is 0 Å². The van der Waals surface area contributed by atoms with Gasteiger partial charge in [-0.3, -0.25) is 0 Å². The summed E-state index contributed by atoms with van der Waals surface area (Å²) < 4.78 is 23.8. The summed E-state index contributed by atoms with van der Waals surface area (Å²) in [5.41, 5.74) is 1.39. The molecule has 0 aliphatic carbocycles. The zero-order valence-electron chi connectivity index (χ0n) is 21.2. The van der Waals surface area contributed by atoms with Crippen LogP contribution in [0.3, 0.4) is 0 Å². The molecular weight excluding hydrogens is 420 g/mol. The molecule has 0 aromatic carbocycles. The molecule has 0 saturated heterocycles. The van der Waals surface area contributed by atoms with Crippen LogP contribution in [0.2, 0.25) is 17.8 Å². The van der Waals surface area contributed by atoms with Gasteiger partial charge in [0.2, 0.25) is 0 Å². The molecular formula is C25H52O4Si2. The average Bonchev–Trinajstić information content (AvgIpc) is 2.77. The van der Waals surface area contributed by atoms with Gasteiger partial charge in [-0.25, -0.2) is 0 Å². The first-order chi connectivity index (χ1) is 15.3. The first-order valence-corrected chi connectivity index (χ1v) is 16.0. The topological polar surface area (TPSA) is 36.9 Å². The molecule has 0 aromatic rings. The Kier molecular flexibility index (Phi) is 26.8. The predicted molar refractivity (Wildman–Crippen MR) is 135 cm³/mol. The summed E-state index contributed by atoms with van der Waals surface area (Å²) in [4.78, 5) is 0. The van der Waals surface area contributed by atoms with Gasteiger partial charge in [-0.2, -0.15) is 0 Å². The van der Waals surface area contributed by atoms with E-state index in [4.69, 9.17) is 18.9 Å². The van der Waals surface area contributed by atoms with E-state index in [1.807, 2.05) is 0 Å². The maximum atomic E-state index is 5.94. The van der Waals surface area contributed by atoms with Gasteiger partial charge >= 0.3 is 0 Å². The van der Waals surface area contributed by atoms with Crippen molar-refractivity contribution < 1.29 is 18.9 Å². The Bertz CT molecular complexity index is 285. The van der Waals surface area contributed by atoms with Crippen LogP contribution in [0.25, 0.3) is 0 Å². The number of unbranched alkanes of at least 4 members (excludes halogenated alkanes) is 4. The summed E-state index contributed by atoms with van der Waals surface area (Å²) in [7, 11) is 2.16. The Hall–Kier alpha value is 0.274. The lowest BCUT2D eigenvalue weighted by Crippen LogP contribution is -2.19. The fourth-order valence-electron chi connectivity index (χ4n) is 2.92. The van der Waals surface area contributed by atoms with E-state index in [0.717, 1.165) is 84.0 Å². The highest BCUT2D eigenvalue weighted by Gasteiger charge is 2.10. The first kappa shape index (κ1) is 31.3. The Labute approximate surface area is 199 Å². The van der Waals surface area contributed by atoms with E-state index >= 15 is 0 Å². The fraction of sp³-hybridized carbons (Fsp3) is 1.00. The Morgan fingerprint density at radius 1 is 0.484 bits per heavy atom. The van der Waals surface area contributed by atoms with Crippen LogP contribution in [0.1, 0.15) is 105 Å². The molecule has 0 aliphatic heterocycles. The minimum absolute atomic E-state index is 0.0164. The van der Waals surface area contributed by atoms with Gasteiger partial charge < -0.3 is 18.9 Å². The van der Waals surface area contributed by atoms with Crippen LogP contribution < -0.4 is 0 Å². The molecule has 0 aromatic heterocycles. The van der Waals surface area contributed by atoms with Crippen LogP contribution in [-0.4, -0.2) is 58.0 Å². The van der Waals surface area contributed by atoms with Crippen LogP contribution >= 0.6 is 0 Å². The van der Waals surface area contributed by atoms with Crippen molar-refractivity contribution in [1.82, 2.24) is 0 Å². The number of ether oxygens (including phenoxy) is 4. The molecule has 0 saturated carbocycles. The van der Waals surface area contributed by atoms with Crippen molar-refractivity contribution >= 4 is 19.0 Å². The van der Waals surface area contributed by atoms with Crippen molar-refractivity contribution in [3.05, 3.63) is 0 Å². The molecule has 0 fully saturated rings. The molecule has 0 N–H and O–H groups in total. The highest BCUT2D eigenvalue weighted by molar-refractivity contribution is 6.55. The molecule has 0 bridgehead atoms. The molecule has 6 heteroatoms. The molecule has 184 valence electrons. The summed E-state index contributed by atoms with van der Waals surface area (Å²) in [6.07, 6.45) is 13.8. The first-order valence-electron chi connectivity index (χ1n) is 13.2.